The van der Waals surface area contributed by atoms with Crippen LogP contribution >= 0.6 is 0 Å². The molecule has 1 saturated heterocycles. The number of aryl methyl sites for hydroxylation is 2. The standard InChI is InChI=1S/C16H24BNO2/c1-11-9-13(7-8-18)10-12(2)14(11)17-19-15(3,4)16(5,6)20-17/h7-10H,18H2,1-6H3/b8-7+. The van der Waals surface area contributed by atoms with Crippen LogP contribution in [0.25, 0.3) is 6.08 Å². The van der Waals surface area contributed by atoms with E-state index in [2.05, 4.69) is 53.7 Å². The largest absolute Gasteiger partial charge is 0.495 e. The van der Waals surface area contributed by atoms with E-state index in [4.69, 9.17) is 15.0 Å². The topological polar surface area (TPSA) is 44.5 Å². The van der Waals surface area contributed by atoms with Crippen LogP contribution in [-0.2, 0) is 9.31 Å². The Bertz CT molecular complexity index is 510. The van der Waals surface area contributed by atoms with Crippen molar-refractivity contribution in [2.24, 2.45) is 5.73 Å². The molecule has 20 heavy (non-hydrogen) atoms. The summed E-state index contributed by atoms with van der Waals surface area (Å²) >= 11 is 0. The maximum absolute atomic E-state index is 6.15. The van der Waals surface area contributed by atoms with Gasteiger partial charge in [-0.05, 0) is 64.8 Å². The molecule has 1 aliphatic rings. The normalized spacial score (nSPS) is 20.8. The van der Waals surface area contributed by atoms with Crippen molar-refractivity contribution in [3.05, 3.63) is 35.0 Å². The van der Waals surface area contributed by atoms with Gasteiger partial charge in [0.05, 0.1) is 11.2 Å². The third-order valence-electron chi connectivity index (χ3n) is 4.39. The van der Waals surface area contributed by atoms with Crippen molar-refractivity contribution in [3.8, 4) is 0 Å². The fraction of sp³-hybridized carbons (Fsp3) is 0.500. The molecule has 1 aromatic rings. The van der Waals surface area contributed by atoms with Crippen molar-refractivity contribution in [1.29, 1.82) is 0 Å². The molecule has 0 radical (unpaired) electrons. The predicted octanol–water partition coefficient (Wildman–Crippen LogP) is 2.53. The molecule has 0 aromatic heterocycles. The molecule has 0 atom stereocenters. The number of hydrogen-bond acceptors (Lipinski definition) is 3. The van der Waals surface area contributed by atoms with E-state index in [9.17, 15) is 0 Å². The van der Waals surface area contributed by atoms with E-state index < -0.39 is 0 Å². The average Bonchev–Trinajstić information content (AvgIpc) is 2.46. The lowest BCUT2D eigenvalue weighted by Crippen LogP contribution is -2.41. The second-order valence-electron chi connectivity index (χ2n) is 6.52. The number of hydrogen-bond donors (Lipinski definition) is 1. The van der Waals surface area contributed by atoms with E-state index >= 15 is 0 Å². The summed E-state index contributed by atoms with van der Waals surface area (Å²) in [6.07, 6.45) is 3.46. The van der Waals surface area contributed by atoms with Gasteiger partial charge < -0.3 is 15.0 Å². The van der Waals surface area contributed by atoms with Crippen molar-refractivity contribution in [1.82, 2.24) is 0 Å². The Morgan fingerprint density at radius 3 is 1.85 bits per heavy atom. The Morgan fingerprint density at radius 2 is 1.45 bits per heavy atom. The van der Waals surface area contributed by atoms with Gasteiger partial charge in [-0.2, -0.15) is 0 Å². The first-order valence-corrected chi connectivity index (χ1v) is 7.03. The van der Waals surface area contributed by atoms with Crippen LogP contribution < -0.4 is 11.2 Å². The average molecular weight is 273 g/mol. The zero-order chi connectivity index (χ0) is 15.1. The first kappa shape index (κ1) is 15.1. The Balaban J connectivity index is 2.41. The van der Waals surface area contributed by atoms with Gasteiger partial charge in [-0.3, -0.25) is 0 Å². The maximum Gasteiger partial charge on any atom is 0.495 e. The second kappa shape index (κ2) is 4.94. The lowest BCUT2D eigenvalue weighted by atomic mass is 9.73. The Morgan fingerprint density at radius 1 is 1.00 bits per heavy atom. The predicted molar refractivity (Wildman–Crippen MR) is 84.9 cm³/mol. The van der Waals surface area contributed by atoms with Crippen molar-refractivity contribution < 1.29 is 9.31 Å². The van der Waals surface area contributed by atoms with Crippen LogP contribution in [0.4, 0.5) is 0 Å². The number of rotatable bonds is 2. The Labute approximate surface area is 122 Å². The summed E-state index contributed by atoms with van der Waals surface area (Å²) in [6, 6.07) is 4.22. The summed E-state index contributed by atoms with van der Waals surface area (Å²) in [5.41, 5.74) is 9.39. The fourth-order valence-electron chi connectivity index (χ4n) is 2.55. The second-order valence-corrected chi connectivity index (χ2v) is 6.52. The molecule has 2 rings (SSSR count). The molecule has 0 aliphatic carbocycles. The number of nitrogens with two attached hydrogens (primary N) is 1. The third kappa shape index (κ3) is 2.50. The van der Waals surface area contributed by atoms with E-state index in [0.29, 0.717) is 0 Å². The summed E-state index contributed by atoms with van der Waals surface area (Å²) in [6.45, 7) is 12.5. The van der Waals surface area contributed by atoms with E-state index in [1.807, 2.05) is 6.08 Å². The maximum atomic E-state index is 6.15. The van der Waals surface area contributed by atoms with E-state index in [1.165, 1.54) is 0 Å². The molecule has 0 saturated carbocycles. The Kier molecular flexibility index (Phi) is 3.74. The minimum absolute atomic E-state index is 0.309. The monoisotopic (exact) mass is 273 g/mol. The summed E-state index contributed by atoms with van der Waals surface area (Å²) < 4.78 is 12.3. The van der Waals surface area contributed by atoms with Crippen molar-refractivity contribution in [3.63, 3.8) is 0 Å². The molecule has 1 heterocycles. The van der Waals surface area contributed by atoms with E-state index in [1.54, 1.807) is 6.20 Å². The highest BCUT2D eigenvalue weighted by Gasteiger charge is 2.52. The zero-order valence-corrected chi connectivity index (χ0v) is 13.3. The van der Waals surface area contributed by atoms with Gasteiger partial charge in [-0.1, -0.05) is 23.3 Å². The van der Waals surface area contributed by atoms with Crippen molar-refractivity contribution >= 4 is 18.7 Å². The lowest BCUT2D eigenvalue weighted by Gasteiger charge is -2.32. The summed E-state index contributed by atoms with van der Waals surface area (Å²) in [5, 5.41) is 0. The molecule has 4 heteroatoms. The molecule has 1 aliphatic heterocycles. The van der Waals surface area contributed by atoms with Gasteiger partial charge in [0.1, 0.15) is 0 Å². The van der Waals surface area contributed by atoms with Crippen LogP contribution in [0.5, 0.6) is 0 Å². The van der Waals surface area contributed by atoms with Crippen LogP contribution in [0.3, 0.4) is 0 Å². The van der Waals surface area contributed by atoms with Crippen LogP contribution in [-0.4, -0.2) is 18.3 Å². The van der Waals surface area contributed by atoms with Gasteiger partial charge in [0, 0.05) is 0 Å². The molecule has 0 amide bonds. The van der Waals surface area contributed by atoms with E-state index in [-0.39, 0.29) is 18.3 Å². The molecule has 0 unspecified atom stereocenters. The molecule has 2 N–H and O–H groups in total. The summed E-state index contributed by atoms with van der Waals surface area (Å²) in [4.78, 5) is 0. The van der Waals surface area contributed by atoms with Crippen LogP contribution in [0.1, 0.15) is 44.4 Å². The van der Waals surface area contributed by atoms with Crippen LogP contribution in [0.15, 0.2) is 18.3 Å². The van der Waals surface area contributed by atoms with Gasteiger partial charge in [-0.15, -0.1) is 0 Å². The molecule has 0 bridgehead atoms. The highest BCUT2D eigenvalue weighted by Crippen LogP contribution is 2.37. The van der Waals surface area contributed by atoms with Crippen molar-refractivity contribution in [2.75, 3.05) is 0 Å². The highest BCUT2D eigenvalue weighted by molar-refractivity contribution is 6.63. The SMILES string of the molecule is Cc1cc(/C=C/N)cc(C)c1B1OC(C)(C)C(C)(C)O1. The van der Waals surface area contributed by atoms with Gasteiger partial charge in [-0.25, -0.2) is 0 Å². The molecule has 1 fully saturated rings. The van der Waals surface area contributed by atoms with Gasteiger partial charge in [0.2, 0.25) is 0 Å². The minimum atomic E-state index is -0.313. The third-order valence-corrected chi connectivity index (χ3v) is 4.39. The molecule has 108 valence electrons. The Hall–Kier alpha value is -1.26. The minimum Gasteiger partial charge on any atom is -0.405 e. The zero-order valence-electron chi connectivity index (χ0n) is 13.3. The number of benzene rings is 1. The summed E-state index contributed by atoms with van der Waals surface area (Å²) in [7, 11) is -0.309. The molecule has 1 aromatic carbocycles. The van der Waals surface area contributed by atoms with Crippen molar-refractivity contribution in [2.45, 2.75) is 52.7 Å². The first-order chi connectivity index (χ1) is 9.18. The molecular weight excluding hydrogens is 249 g/mol. The molecule has 0 spiro atoms. The fourth-order valence-corrected chi connectivity index (χ4v) is 2.55. The first-order valence-electron chi connectivity index (χ1n) is 7.03. The van der Waals surface area contributed by atoms with Gasteiger partial charge >= 0.3 is 7.12 Å². The quantitative estimate of drug-likeness (QED) is 0.842. The lowest BCUT2D eigenvalue weighted by molar-refractivity contribution is 0.00578. The van der Waals surface area contributed by atoms with E-state index in [0.717, 1.165) is 22.2 Å². The highest BCUT2D eigenvalue weighted by atomic mass is 16.7. The van der Waals surface area contributed by atoms with Gasteiger partial charge in [0.25, 0.3) is 0 Å². The van der Waals surface area contributed by atoms with Gasteiger partial charge in [0.15, 0.2) is 0 Å². The molecular formula is C16H24BNO2. The molecule has 3 nitrogen and oxygen atoms in total. The smallest absolute Gasteiger partial charge is 0.405 e. The summed E-state index contributed by atoms with van der Waals surface area (Å²) in [5.74, 6) is 0. The van der Waals surface area contributed by atoms with Crippen LogP contribution in [0, 0.1) is 13.8 Å². The van der Waals surface area contributed by atoms with Crippen LogP contribution in [0.2, 0.25) is 0 Å².